The summed E-state index contributed by atoms with van der Waals surface area (Å²) in [5.74, 6) is 1.12. The van der Waals surface area contributed by atoms with Crippen LogP contribution in [0.5, 0.6) is 5.75 Å². The van der Waals surface area contributed by atoms with Crippen LogP contribution in [-0.2, 0) is 17.9 Å². The summed E-state index contributed by atoms with van der Waals surface area (Å²) in [5, 5.41) is 24.8. The highest BCUT2D eigenvalue weighted by molar-refractivity contribution is 5.93. The maximum Gasteiger partial charge on any atom is 0.270 e. The first-order chi connectivity index (χ1) is 16.9. The first-order valence-electron chi connectivity index (χ1n) is 11.8. The number of aryl methyl sites for hydroxylation is 1. The number of hydrogen-bond donors (Lipinski definition) is 2. The Morgan fingerprint density at radius 1 is 1.17 bits per heavy atom. The van der Waals surface area contributed by atoms with E-state index in [1.807, 2.05) is 37.3 Å². The van der Waals surface area contributed by atoms with Crippen molar-refractivity contribution in [2.45, 2.75) is 45.7 Å². The van der Waals surface area contributed by atoms with E-state index in [1.54, 1.807) is 18.0 Å². The highest BCUT2D eigenvalue weighted by Gasteiger charge is 2.26. The Labute approximate surface area is 203 Å². The van der Waals surface area contributed by atoms with Gasteiger partial charge in [0.25, 0.3) is 5.91 Å². The molecule has 1 fully saturated rings. The molecule has 1 aliphatic rings. The maximum atomic E-state index is 12.8. The Kier molecular flexibility index (Phi) is 7.81. The molecule has 0 atom stereocenters. The summed E-state index contributed by atoms with van der Waals surface area (Å²) in [6.45, 7) is 2.40. The Morgan fingerprint density at radius 3 is 2.71 bits per heavy atom. The lowest BCUT2D eigenvalue weighted by Gasteiger charge is -2.26. The molecule has 35 heavy (non-hydrogen) atoms. The first kappa shape index (κ1) is 24.5. The van der Waals surface area contributed by atoms with Gasteiger partial charge in [-0.2, -0.15) is 4.80 Å². The highest BCUT2D eigenvalue weighted by atomic mass is 16.5. The van der Waals surface area contributed by atoms with Gasteiger partial charge < -0.3 is 15.2 Å². The molecule has 0 aliphatic heterocycles. The molecule has 1 aromatic carbocycles. The third-order valence-corrected chi connectivity index (χ3v) is 6.36. The Bertz CT molecular complexity index is 1190. The zero-order chi connectivity index (χ0) is 24.8. The molecule has 0 spiro atoms. The van der Waals surface area contributed by atoms with E-state index in [0.717, 1.165) is 37.0 Å². The van der Waals surface area contributed by atoms with Crippen LogP contribution in [0.2, 0.25) is 0 Å². The number of aliphatic hydroxyl groups is 1. The maximum absolute atomic E-state index is 12.8. The summed E-state index contributed by atoms with van der Waals surface area (Å²) >= 11 is 0. The molecule has 4 rings (SSSR count). The predicted molar refractivity (Wildman–Crippen MR) is 127 cm³/mol. The standard InChI is InChI=1S/C25H30N6O4/c1-16-10-20(12-22(27-16)25(34)26-13-18-4-3-5-21(11-18)35-2)24-28-30-31(29-24)14-17-6-8-19(9-7-17)23(33)15-32/h3-5,10-12,17,19,32H,6-9,13-15H2,1-2H3,(H,26,34)/t17-,19-. The number of ketones is 1. The van der Waals surface area contributed by atoms with Gasteiger partial charge in [0.15, 0.2) is 5.78 Å². The molecule has 2 aromatic heterocycles. The molecule has 0 bridgehead atoms. The zero-order valence-corrected chi connectivity index (χ0v) is 20.0. The molecule has 0 saturated heterocycles. The average Bonchev–Trinajstić information content (AvgIpc) is 3.35. The fourth-order valence-corrected chi connectivity index (χ4v) is 4.43. The number of aliphatic hydroxyl groups excluding tert-OH is 1. The van der Waals surface area contributed by atoms with E-state index in [2.05, 4.69) is 25.7 Å². The van der Waals surface area contributed by atoms with Crippen molar-refractivity contribution in [2.75, 3.05) is 13.7 Å². The largest absolute Gasteiger partial charge is 0.497 e. The van der Waals surface area contributed by atoms with Gasteiger partial charge in [-0.3, -0.25) is 9.59 Å². The van der Waals surface area contributed by atoms with Crippen LogP contribution >= 0.6 is 0 Å². The van der Waals surface area contributed by atoms with Gasteiger partial charge >= 0.3 is 0 Å². The number of carbonyl (C=O) groups excluding carboxylic acids is 2. The number of Topliss-reactive ketones (excluding diaryl/α,β-unsaturated/α-hetero) is 1. The van der Waals surface area contributed by atoms with Gasteiger partial charge in [-0.15, -0.1) is 10.2 Å². The van der Waals surface area contributed by atoms with Gasteiger partial charge in [-0.1, -0.05) is 12.1 Å². The minimum atomic E-state index is -0.379. The summed E-state index contributed by atoms with van der Waals surface area (Å²) in [6.07, 6.45) is 3.34. The number of nitrogens with zero attached hydrogens (tertiary/aromatic N) is 5. The number of rotatable bonds is 9. The van der Waals surface area contributed by atoms with Gasteiger partial charge in [0.1, 0.15) is 18.1 Å². The van der Waals surface area contributed by atoms with E-state index in [-0.39, 0.29) is 29.9 Å². The van der Waals surface area contributed by atoms with E-state index < -0.39 is 0 Å². The number of hydrogen-bond acceptors (Lipinski definition) is 8. The SMILES string of the molecule is COc1cccc(CNC(=O)c2cc(-c3nnn(C[C@H]4CC[C@H](C(=O)CO)CC4)n3)cc(C)n2)c1. The molecule has 3 aromatic rings. The van der Waals surface area contributed by atoms with E-state index >= 15 is 0 Å². The van der Waals surface area contributed by atoms with Crippen LogP contribution in [0.1, 0.15) is 47.4 Å². The third kappa shape index (κ3) is 6.27. The Hall–Kier alpha value is -3.66. The lowest BCUT2D eigenvalue weighted by molar-refractivity contribution is -0.126. The number of amides is 1. The van der Waals surface area contributed by atoms with Gasteiger partial charge in [0.05, 0.1) is 13.7 Å². The second kappa shape index (κ2) is 11.2. The van der Waals surface area contributed by atoms with E-state index in [4.69, 9.17) is 9.84 Å². The number of nitrogens with one attached hydrogen (secondary N) is 1. The average molecular weight is 479 g/mol. The fourth-order valence-electron chi connectivity index (χ4n) is 4.43. The van der Waals surface area contributed by atoms with Gasteiger partial charge in [-0.25, -0.2) is 4.98 Å². The van der Waals surface area contributed by atoms with Gasteiger partial charge in [-0.05, 0) is 73.6 Å². The van der Waals surface area contributed by atoms with E-state index in [0.29, 0.717) is 36.1 Å². The van der Waals surface area contributed by atoms with Crippen molar-refractivity contribution >= 4 is 11.7 Å². The Morgan fingerprint density at radius 2 is 1.97 bits per heavy atom. The quantitative estimate of drug-likeness (QED) is 0.479. The number of methoxy groups -OCH3 is 1. The van der Waals surface area contributed by atoms with Crippen molar-refractivity contribution in [3.8, 4) is 17.1 Å². The summed E-state index contributed by atoms with van der Waals surface area (Å²) in [4.78, 5) is 30.4. The molecule has 2 heterocycles. The van der Waals surface area contributed by atoms with Crippen LogP contribution in [0.15, 0.2) is 36.4 Å². The number of benzene rings is 1. The monoisotopic (exact) mass is 478 g/mol. The van der Waals surface area contributed by atoms with Crippen molar-refractivity contribution < 1.29 is 19.4 Å². The molecule has 10 heteroatoms. The first-order valence-corrected chi connectivity index (χ1v) is 11.8. The number of aromatic nitrogens is 5. The van der Waals surface area contributed by atoms with Crippen molar-refractivity contribution in [1.29, 1.82) is 0 Å². The smallest absolute Gasteiger partial charge is 0.270 e. The highest BCUT2D eigenvalue weighted by Crippen LogP contribution is 2.30. The van der Waals surface area contributed by atoms with Crippen LogP contribution in [0.3, 0.4) is 0 Å². The molecule has 184 valence electrons. The van der Waals surface area contributed by atoms with Crippen molar-refractivity contribution in [2.24, 2.45) is 11.8 Å². The zero-order valence-electron chi connectivity index (χ0n) is 20.0. The number of tetrazole rings is 1. The van der Waals surface area contributed by atoms with Crippen molar-refractivity contribution in [3.63, 3.8) is 0 Å². The minimum Gasteiger partial charge on any atom is -0.497 e. The molecular weight excluding hydrogens is 448 g/mol. The van der Waals surface area contributed by atoms with Crippen molar-refractivity contribution in [3.05, 3.63) is 53.3 Å². The van der Waals surface area contributed by atoms with Crippen LogP contribution in [0.4, 0.5) is 0 Å². The van der Waals surface area contributed by atoms with Crippen LogP contribution in [0.25, 0.3) is 11.4 Å². The molecule has 1 saturated carbocycles. The molecule has 0 unspecified atom stereocenters. The molecule has 10 nitrogen and oxygen atoms in total. The Balaban J connectivity index is 1.39. The normalized spacial score (nSPS) is 17.7. The van der Waals surface area contributed by atoms with Crippen LogP contribution in [-0.4, -0.2) is 55.7 Å². The second-order valence-corrected chi connectivity index (χ2v) is 8.93. The summed E-state index contributed by atoms with van der Waals surface area (Å²) in [5.41, 5.74) is 2.56. The number of carbonyl (C=O) groups is 2. The lowest BCUT2D eigenvalue weighted by Crippen LogP contribution is -2.26. The van der Waals surface area contributed by atoms with E-state index in [9.17, 15) is 9.59 Å². The number of pyridine rings is 1. The lowest BCUT2D eigenvalue weighted by atomic mass is 9.80. The molecular formula is C25H30N6O4. The molecule has 2 N–H and O–H groups in total. The summed E-state index contributed by atoms with van der Waals surface area (Å²) in [6, 6.07) is 11.0. The fraction of sp³-hybridized carbons (Fsp3) is 0.440. The van der Waals surface area contributed by atoms with E-state index in [1.165, 1.54) is 0 Å². The van der Waals surface area contributed by atoms with Crippen LogP contribution in [0, 0.1) is 18.8 Å². The van der Waals surface area contributed by atoms with Crippen LogP contribution < -0.4 is 10.1 Å². The summed E-state index contributed by atoms with van der Waals surface area (Å²) in [7, 11) is 1.60. The third-order valence-electron chi connectivity index (χ3n) is 6.36. The van der Waals surface area contributed by atoms with Gasteiger partial charge in [0, 0.05) is 23.7 Å². The molecule has 1 aliphatic carbocycles. The second-order valence-electron chi connectivity index (χ2n) is 8.93. The number of ether oxygens (including phenoxy) is 1. The molecule has 1 amide bonds. The van der Waals surface area contributed by atoms with Crippen molar-refractivity contribution in [1.82, 2.24) is 30.5 Å². The predicted octanol–water partition coefficient (Wildman–Crippen LogP) is 2.35. The summed E-state index contributed by atoms with van der Waals surface area (Å²) < 4.78 is 5.23. The minimum absolute atomic E-state index is 0.0382. The topological polar surface area (TPSA) is 132 Å². The van der Waals surface area contributed by atoms with Gasteiger partial charge in [0.2, 0.25) is 5.82 Å². The molecule has 0 radical (unpaired) electrons.